The molecule has 0 bridgehead atoms. The van der Waals surface area contributed by atoms with Crippen molar-refractivity contribution in [2.45, 2.75) is 39.0 Å². The summed E-state index contributed by atoms with van der Waals surface area (Å²) in [4.78, 5) is 0. The highest BCUT2D eigenvalue weighted by Gasteiger charge is 2.18. The van der Waals surface area contributed by atoms with Crippen LogP contribution < -0.4 is 0 Å². The van der Waals surface area contributed by atoms with Gasteiger partial charge < -0.3 is 0 Å². The van der Waals surface area contributed by atoms with E-state index >= 15 is 0 Å². The molecular weight excluding hydrogens is 216 g/mol. The van der Waals surface area contributed by atoms with Crippen LogP contribution in [0.2, 0.25) is 0 Å². The average Bonchev–Trinajstić information content (AvgIpc) is 2.41. The summed E-state index contributed by atoms with van der Waals surface area (Å²) in [6, 6.07) is 8.59. The predicted octanol–water partition coefficient (Wildman–Crippen LogP) is 5.56. The van der Waals surface area contributed by atoms with Gasteiger partial charge in [0.05, 0.1) is 0 Å². The first-order chi connectivity index (χ1) is 8.69. The minimum atomic E-state index is 0.854. The lowest BCUT2D eigenvalue weighted by molar-refractivity contribution is 0.294. The normalized spacial score (nSPS) is 23.6. The van der Waals surface area contributed by atoms with Crippen molar-refractivity contribution >= 4 is 11.6 Å². The van der Waals surface area contributed by atoms with Crippen LogP contribution in [0.25, 0.3) is 11.6 Å². The van der Waals surface area contributed by atoms with Gasteiger partial charge in [0.1, 0.15) is 0 Å². The lowest BCUT2D eigenvalue weighted by Crippen LogP contribution is -2.12. The van der Waals surface area contributed by atoms with Gasteiger partial charge in [0.15, 0.2) is 0 Å². The predicted molar refractivity (Wildman–Crippen MR) is 81.3 cm³/mol. The first-order valence-electron chi connectivity index (χ1n) is 7.09. The van der Waals surface area contributed by atoms with Gasteiger partial charge >= 0.3 is 0 Å². The molecule has 0 atom stereocenters. The van der Waals surface area contributed by atoms with Crippen LogP contribution in [0.3, 0.4) is 0 Å². The molecule has 0 radical (unpaired) electrons. The zero-order chi connectivity index (χ0) is 13.0. The van der Waals surface area contributed by atoms with Crippen LogP contribution in [-0.2, 0) is 0 Å². The fraction of sp³-hybridized carbons (Fsp3) is 0.444. The van der Waals surface area contributed by atoms with Crippen LogP contribution in [0.5, 0.6) is 0 Å². The monoisotopic (exact) mass is 240 g/mol. The summed E-state index contributed by atoms with van der Waals surface area (Å²) in [7, 11) is 0. The van der Waals surface area contributed by atoms with E-state index in [4.69, 9.17) is 0 Å². The van der Waals surface area contributed by atoms with E-state index in [1.807, 2.05) is 6.08 Å². The maximum atomic E-state index is 4.27. The Morgan fingerprint density at radius 1 is 1.17 bits per heavy atom. The van der Waals surface area contributed by atoms with Gasteiger partial charge in [-0.3, -0.25) is 0 Å². The molecule has 18 heavy (non-hydrogen) atoms. The van der Waals surface area contributed by atoms with Gasteiger partial charge in [-0.2, -0.15) is 0 Å². The van der Waals surface area contributed by atoms with Crippen molar-refractivity contribution in [2.75, 3.05) is 0 Å². The van der Waals surface area contributed by atoms with Crippen molar-refractivity contribution < 1.29 is 0 Å². The molecule has 1 aliphatic rings. The van der Waals surface area contributed by atoms with Gasteiger partial charge in [-0.15, -0.1) is 0 Å². The fourth-order valence-electron chi connectivity index (χ4n) is 2.85. The average molecular weight is 240 g/mol. The van der Waals surface area contributed by atoms with Gasteiger partial charge in [0.2, 0.25) is 0 Å². The second-order valence-electron chi connectivity index (χ2n) is 5.76. The van der Waals surface area contributed by atoms with Crippen molar-refractivity contribution in [2.24, 2.45) is 11.8 Å². The summed E-state index contributed by atoms with van der Waals surface area (Å²) in [5, 5.41) is 0. The molecule has 0 nitrogen and oxygen atoms in total. The number of benzene rings is 1. The molecule has 2 rings (SSSR count). The Morgan fingerprint density at radius 2 is 1.78 bits per heavy atom. The topological polar surface area (TPSA) is 0 Å². The van der Waals surface area contributed by atoms with Gasteiger partial charge in [-0.05, 0) is 47.8 Å². The molecule has 1 saturated carbocycles. The zero-order valence-corrected chi connectivity index (χ0v) is 11.5. The Labute approximate surface area is 111 Å². The van der Waals surface area contributed by atoms with E-state index in [1.54, 1.807) is 0 Å². The minimum Gasteiger partial charge on any atom is -0.0985 e. The van der Waals surface area contributed by atoms with Crippen LogP contribution in [0.4, 0.5) is 0 Å². The van der Waals surface area contributed by atoms with E-state index in [-0.39, 0.29) is 0 Å². The lowest BCUT2D eigenvalue weighted by Gasteiger charge is -2.26. The maximum Gasteiger partial charge on any atom is -0.0230 e. The van der Waals surface area contributed by atoms with Crippen LogP contribution in [-0.4, -0.2) is 0 Å². The molecule has 96 valence electrons. The molecule has 0 heteroatoms. The molecule has 1 aromatic rings. The minimum absolute atomic E-state index is 0.854. The molecule has 0 amide bonds. The Hall–Kier alpha value is -1.30. The van der Waals surface area contributed by atoms with Crippen molar-refractivity contribution in [1.29, 1.82) is 0 Å². The molecule has 0 saturated heterocycles. The summed E-state index contributed by atoms with van der Waals surface area (Å²) in [6.07, 6.45) is 8.60. The first kappa shape index (κ1) is 13.1. The molecule has 0 N–H and O–H groups in total. The van der Waals surface area contributed by atoms with E-state index in [0.717, 1.165) is 11.8 Å². The Kier molecular flexibility index (Phi) is 4.41. The van der Waals surface area contributed by atoms with Crippen molar-refractivity contribution in [3.8, 4) is 0 Å². The summed E-state index contributed by atoms with van der Waals surface area (Å²) >= 11 is 0. The van der Waals surface area contributed by atoms with Gasteiger partial charge in [-0.1, -0.05) is 63.3 Å². The molecular formula is C18H24. The lowest BCUT2D eigenvalue weighted by atomic mass is 9.79. The summed E-state index contributed by atoms with van der Waals surface area (Å²) in [6.45, 7) is 10.4. The molecule has 0 unspecified atom stereocenters. The third-order valence-electron chi connectivity index (χ3n) is 4.23. The Morgan fingerprint density at radius 3 is 2.33 bits per heavy atom. The fourth-order valence-corrected chi connectivity index (χ4v) is 2.85. The number of hydrogen-bond acceptors (Lipinski definition) is 0. The standard InChI is InChI=1S/C18H24/c1-4-16-9-11-18(12-10-16)15(3)13-17-7-5-14(2)6-8-17/h4,9-12,14,17H,1,3,5-8,13H2,2H3. The molecule has 1 aromatic carbocycles. The quantitative estimate of drug-likeness (QED) is 0.646. The number of hydrogen-bond donors (Lipinski definition) is 0. The first-order valence-corrected chi connectivity index (χ1v) is 7.09. The zero-order valence-electron chi connectivity index (χ0n) is 11.5. The Balaban J connectivity index is 1.92. The van der Waals surface area contributed by atoms with Gasteiger partial charge in [0, 0.05) is 0 Å². The second kappa shape index (κ2) is 6.04. The van der Waals surface area contributed by atoms with Gasteiger partial charge in [0.25, 0.3) is 0 Å². The molecule has 0 aliphatic heterocycles. The van der Waals surface area contributed by atoms with Crippen molar-refractivity contribution in [1.82, 2.24) is 0 Å². The highest BCUT2D eigenvalue weighted by Crippen LogP contribution is 2.34. The Bertz CT molecular complexity index is 402. The van der Waals surface area contributed by atoms with E-state index in [0.29, 0.717) is 0 Å². The summed E-state index contributed by atoms with van der Waals surface area (Å²) in [5.74, 6) is 1.79. The third-order valence-corrected chi connectivity index (χ3v) is 4.23. The van der Waals surface area contributed by atoms with E-state index in [2.05, 4.69) is 44.3 Å². The SMILES string of the molecule is C=Cc1ccc(C(=C)CC2CCC(C)CC2)cc1. The summed E-state index contributed by atoms with van der Waals surface area (Å²) in [5.41, 5.74) is 3.77. The highest BCUT2D eigenvalue weighted by molar-refractivity contribution is 5.65. The van der Waals surface area contributed by atoms with Gasteiger partial charge in [-0.25, -0.2) is 0 Å². The number of allylic oxidation sites excluding steroid dienone is 1. The van der Waals surface area contributed by atoms with Crippen molar-refractivity contribution in [3.05, 3.63) is 48.6 Å². The van der Waals surface area contributed by atoms with Crippen molar-refractivity contribution in [3.63, 3.8) is 0 Å². The highest BCUT2D eigenvalue weighted by atomic mass is 14.2. The van der Waals surface area contributed by atoms with Crippen LogP contribution in [0.1, 0.15) is 50.2 Å². The third kappa shape index (κ3) is 3.35. The second-order valence-corrected chi connectivity index (χ2v) is 5.76. The maximum absolute atomic E-state index is 4.27. The molecule has 1 fully saturated rings. The van der Waals surface area contributed by atoms with Crippen LogP contribution in [0.15, 0.2) is 37.4 Å². The molecule has 0 spiro atoms. The van der Waals surface area contributed by atoms with E-state index in [9.17, 15) is 0 Å². The van der Waals surface area contributed by atoms with E-state index < -0.39 is 0 Å². The summed E-state index contributed by atoms with van der Waals surface area (Å²) < 4.78 is 0. The molecule has 1 aliphatic carbocycles. The number of rotatable bonds is 4. The molecule has 0 aromatic heterocycles. The largest absolute Gasteiger partial charge is 0.0985 e. The molecule has 0 heterocycles. The smallest absolute Gasteiger partial charge is 0.0230 e. The van der Waals surface area contributed by atoms with E-state index in [1.165, 1.54) is 48.8 Å². The van der Waals surface area contributed by atoms with Crippen LogP contribution in [0, 0.1) is 11.8 Å². The van der Waals surface area contributed by atoms with Crippen LogP contribution >= 0.6 is 0 Å².